The minimum absolute atomic E-state index is 0.00614. The molecule has 0 aliphatic rings. The maximum absolute atomic E-state index is 13.9. The molecular weight excluding hydrogens is 419 g/mol. The monoisotopic (exact) mass is 436 g/mol. The number of benzene rings is 1. The molecule has 1 aromatic carbocycles. The number of nitrogens with zero attached hydrogens (tertiary/aromatic N) is 3. The number of halogens is 1. The number of rotatable bonds is 7. The fraction of sp³-hybridized carbons (Fsp3) is 0.167. The molecule has 0 saturated heterocycles. The second kappa shape index (κ2) is 8.64. The number of carbonyl (C=O) groups excluding carboxylic acids is 1. The molecule has 3 aromatic rings. The number of carbonyl (C=O) groups is 1. The summed E-state index contributed by atoms with van der Waals surface area (Å²) >= 11 is 1.14. The van der Waals surface area contributed by atoms with Crippen LogP contribution in [0.15, 0.2) is 53.0 Å². The first-order valence-electron chi connectivity index (χ1n) is 8.27. The Balaban J connectivity index is 1.67. The highest BCUT2D eigenvalue weighted by Gasteiger charge is 2.23. The van der Waals surface area contributed by atoms with E-state index in [9.17, 15) is 17.6 Å². The smallest absolute Gasteiger partial charge is 0.244 e. The summed E-state index contributed by atoms with van der Waals surface area (Å²) in [6.45, 7) is -0.399. The van der Waals surface area contributed by atoms with Crippen molar-refractivity contribution in [2.24, 2.45) is 0 Å². The molecule has 0 saturated carbocycles. The summed E-state index contributed by atoms with van der Waals surface area (Å²) in [5.74, 6) is -0.956. The molecule has 29 heavy (non-hydrogen) atoms. The normalized spacial score (nSPS) is 11.4. The number of nitrogens with one attached hydrogen (secondary N) is 1. The van der Waals surface area contributed by atoms with Gasteiger partial charge < -0.3 is 10.1 Å². The second-order valence-electron chi connectivity index (χ2n) is 5.89. The van der Waals surface area contributed by atoms with Crippen LogP contribution >= 0.6 is 11.3 Å². The van der Waals surface area contributed by atoms with Crippen molar-refractivity contribution in [2.45, 2.75) is 4.90 Å². The Kier molecular flexibility index (Phi) is 6.20. The van der Waals surface area contributed by atoms with Crippen LogP contribution in [0.1, 0.15) is 0 Å². The summed E-state index contributed by atoms with van der Waals surface area (Å²) in [5, 5.41) is 4.48. The maximum Gasteiger partial charge on any atom is 0.244 e. The van der Waals surface area contributed by atoms with Gasteiger partial charge in [0.15, 0.2) is 16.7 Å². The Morgan fingerprint density at radius 1 is 1.34 bits per heavy atom. The average molecular weight is 436 g/mol. The van der Waals surface area contributed by atoms with Gasteiger partial charge in [0.05, 0.1) is 19.3 Å². The summed E-state index contributed by atoms with van der Waals surface area (Å²) in [6, 6.07) is 7.32. The van der Waals surface area contributed by atoms with Crippen LogP contribution < -0.4 is 10.1 Å². The Morgan fingerprint density at radius 3 is 2.79 bits per heavy atom. The van der Waals surface area contributed by atoms with Gasteiger partial charge in [-0.05, 0) is 30.3 Å². The van der Waals surface area contributed by atoms with Crippen molar-refractivity contribution >= 4 is 32.4 Å². The first kappa shape index (κ1) is 20.8. The van der Waals surface area contributed by atoms with Crippen molar-refractivity contribution in [1.29, 1.82) is 0 Å². The van der Waals surface area contributed by atoms with Crippen molar-refractivity contribution in [3.8, 4) is 17.0 Å². The summed E-state index contributed by atoms with van der Waals surface area (Å²) in [5.41, 5.74) is 1.000. The Hall–Kier alpha value is -2.89. The zero-order valence-electron chi connectivity index (χ0n) is 15.5. The van der Waals surface area contributed by atoms with Gasteiger partial charge in [-0.2, -0.15) is 4.31 Å². The number of ether oxygens (including phenoxy) is 1. The first-order valence-corrected chi connectivity index (χ1v) is 10.6. The third kappa shape index (κ3) is 4.75. The zero-order valence-corrected chi connectivity index (χ0v) is 17.1. The largest absolute Gasteiger partial charge is 0.494 e. The van der Waals surface area contributed by atoms with Crippen molar-refractivity contribution in [2.75, 3.05) is 26.0 Å². The number of pyridine rings is 1. The quantitative estimate of drug-likeness (QED) is 0.611. The van der Waals surface area contributed by atoms with Gasteiger partial charge >= 0.3 is 0 Å². The van der Waals surface area contributed by atoms with Crippen LogP contribution in [-0.4, -0.2) is 49.3 Å². The highest BCUT2D eigenvalue weighted by molar-refractivity contribution is 7.89. The van der Waals surface area contributed by atoms with Gasteiger partial charge in [0.25, 0.3) is 0 Å². The summed E-state index contributed by atoms with van der Waals surface area (Å²) in [6.07, 6.45) is 2.67. The SMILES string of the molecule is COc1ccc(-c2csc(NC(=O)CN(C)S(=O)(=O)c3cccnc3)n2)cc1F. The fourth-order valence-electron chi connectivity index (χ4n) is 2.42. The van der Waals surface area contributed by atoms with Crippen molar-refractivity contribution in [3.63, 3.8) is 0 Å². The van der Waals surface area contributed by atoms with E-state index >= 15 is 0 Å². The molecule has 1 amide bonds. The number of methoxy groups -OCH3 is 1. The first-order chi connectivity index (χ1) is 13.8. The lowest BCUT2D eigenvalue weighted by Gasteiger charge is -2.16. The number of thiazole rings is 1. The lowest BCUT2D eigenvalue weighted by molar-refractivity contribution is -0.116. The molecule has 0 fully saturated rings. The molecule has 2 aromatic heterocycles. The van der Waals surface area contributed by atoms with E-state index in [1.165, 1.54) is 50.8 Å². The topological polar surface area (TPSA) is 101 Å². The van der Waals surface area contributed by atoms with Crippen LogP contribution in [0, 0.1) is 5.82 Å². The molecule has 8 nitrogen and oxygen atoms in total. The zero-order chi connectivity index (χ0) is 21.0. The summed E-state index contributed by atoms with van der Waals surface area (Å²) in [4.78, 5) is 20.3. The number of amides is 1. The van der Waals surface area contributed by atoms with Crippen molar-refractivity contribution in [3.05, 3.63) is 53.9 Å². The minimum atomic E-state index is -3.84. The van der Waals surface area contributed by atoms with Crippen LogP contribution in [0.3, 0.4) is 0 Å². The number of hydrogen-bond acceptors (Lipinski definition) is 7. The molecular formula is C18H17FN4O4S2. The number of aromatic nitrogens is 2. The van der Waals surface area contributed by atoms with Gasteiger partial charge in [0, 0.05) is 30.4 Å². The Bertz CT molecular complexity index is 1120. The molecule has 0 atom stereocenters. The van der Waals surface area contributed by atoms with Crippen LogP contribution in [-0.2, 0) is 14.8 Å². The van der Waals surface area contributed by atoms with E-state index in [-0.39, 0.29) is 15.8 Å². The highest BCUT2D eigenvalue weighted by atomic mass is 32.2. The lowest BCUT2D eigenvalue weighted by atomic mass is 10.1. The number of sulfonamides is 1. The molecule has 11 heteroatoms. The third-order valence-electron chi connectivity index (χ3n) is 3.91. The van der Waals surface area contributed by atoms with Crippen LogP contribution in [0.5, 0.6) is 5.75 Å². The van der Waals surface area contributed by atoms with Gasteiger partial charge in [0.1, 0.15) is 4.90 Å². The Morgan fingerprint density at radius 2 is 2.14 bits per heavy atom. The van der Waals surface area contributed by atoms with Crippen LogP contribution in [0.4, 0.5) is 9.52 Å². The summed E-state index contributed by atoms with van der Waals surface area (Å²) < 4.78 is 44.5. The molecule has 152 valence electrons. The van der Waals surface area contributed by atoms with Gasteiger partial charge in [0.2, 0.25) is 15.9 Å². The van der Waals surface area contributed by atoms with Crippen molar-refractivity contribution < 1.29 is 22.3 Å². The van der Waals surface area contributed by atoms with Crippen LogP contribution in [0.25, 0.3) is 11.3 Å². The Labute approximate surface area is 171 Å². The lowest BCUT2D eigenvalue weighted by Crippen LogP contribution is -2.35. The van der Waals surface area contributed by atoms with Gasteiger partial charge in [-0.15, -0.1) is 11.3 Å². The standard InChI is InChI=1S/C18H17FN4O4S2/c1-23(29(25,26)13-4-3-7-20-9-13)10-17(24)22-18-21-15(11-28-18)12-5-6-16(27-2)14(19)8-12/h3-9,11H,10H2,1-2H3,(H,21,22,24). The van der Waals surface area contributed by atoms with E-state index < -0.39 is 28.3 Å². The molecule has 3 rings (SSSR count). The van der Waals surface area contributed by atoms with Gasteiger partial charge in [-0.1, -0.05) is 0 Å². The maximum atomic E-state index is 13.9. The second-order valence-corrected chi connectivity index (χ2v) is 8.79. The number of anilines is 1. The van der Waals surface area contributed by atoms with Crippen LogP contribution in [0.2, 0.25) is 0 Å². The molecule has 0 spiro atoms. The van der Waals surface area contributed by atoms with E-state index in [2.05, 4.69) is 15.3 Å². The van der Waals surface area contributed by atoms with Gasteiger partial charge in [-0.25, -0.2) is 17.8 Å². The van der Waals surface area contributed by atoms with E-state index in [4.69, 9.17) is 4.74 Å². The predicted octanol–water partition coefficient (Wildman–Crippen LogP) is 2.61. The molecule has 2 heterocycles. The van der Waals surface area contributed by atoms with E-state index in [0.717, 1.165) is 15.6 Å². The molecule has 0 aliphatic carbocycles. The molecule has 0 bridgehead atoms. The molecule has 0 aliphatic heterocycles. The van der Waals surface area contributed by atoms with Crippen molar-refractivity contribution in [1.82, 2.24) is 14.3 Å². The molecule has 0 radical (unpaired) electrons. The predicted molar refractivity (Wildman–Crippen MR) is 107 cm³/mol. The van der Waals surface area contributed by atoms with E-state index in [0.29, 0.717) is 11.3 Å². The van der Waals surface area contributed by atoms with Gasteiger partial charge in [-0.3, -0.25) is 9.78 Å². The molecule has 1 N–H and O–H groups in total. The van der Waals surface area contributed by atoms with E-state index in [1.807, 2.05) is 0 Å². The minimum Gasteiger partial charge on any atom is -0.494 e. The van der Waals surface area contributed by atoms with E-state index in [1.54, 1.807) is 11.4 Å². The summed E-state index contributed by atoms with van der Waals surface area (Å²) in [7, 11) is -1.16. The highest BCUT2D eigenvalue weighted by Crippen LogP contribution is 2.28. The molecule has 0 unspecified atom stereocenters. The average Bonchev–Trinajstić information content (AvgIpc) is 3.16. The number of hydrogen-bond donors (Lipinski definition) is 1. The third-order valence-corrected chi connectivity index (χ3v) is 6.45. The fourth-order valence-corrected chi connectivity index (χ4v) is 4.24. The number of likely N-dealkylation sites (N-methyl/N-ethyl adjacent to an activating group) is 1.